The predicted molar refractivity (Wildman–Crippen MR) is 97.2 cm³/mol. The fourth-order valence-electron chi connectivity index (χ4n) is 2.43. The Balaban J connectivity index is 2.13. The van der Waals surface area contributed by atoms with E-state index < -0.39 is 12.0 Å². The molecule has 0 saturated carbocycles. The standard InChI is InChI=1S/C19H22ClNO4/c1-12-8-15(5-6-16(12)20)25-11-14-9-13(4-7-18(14)23-2)10-17(21)19(22)24-3/h4-9,17H,10-11,21H2,1-3H3. The van der Waals surface area contributed by atoms with Crippen molar-refractivity contribution in [3.8, 4) is 11.5 Å². The van der Waals surface area contributed by atoms with E-state index in [1.165, 1.54) is 7.11 Å². The third kappa shape index (κ3) is 5.11. The lowest BCUT2D eigenvalue weighted by molar-refractivity contribution is -0.142. The minimum atomic E-state index is -0.703. The Morgan fingerprint density at radius 3 is 2.60 bits per heavy atom. The maximum atomic E-state index is 11.5. The zero-order chi connectivity index (χ0) is 18.4. The largest absolute Gasteiger partial charge is 0.496 e. The van der Waals surface area contributed by atoms with Gasteiger partial charge in [-0.2, -0.15) is 0 Å². The molecule has 1 atom stereocenters. The van der Waals surface area contributed by atoms with Gasteiger partial charge in [-0.3, -0.25) is 4.79 Å². The van der Waals surface area contributed by atoms with Crippen LogP contribution in [0.2, 0.25) is 5.02 Å². The molecule has 0 amide bonds. The van der Waals surface area contributed by atoms with E-state index in [1.54, 1.807) is 13.2 Å². The highest BCUT2D eigenvalue weighted by Crippen LogP contribution is 2.25. The van der Waals surface area contributed by atoms with Crippen molar-refractivity contribution in [1.82, 2.24) is 0 Å². The van der Waals surface area contributed by atoms with Crippen molar-refractivity contribution in [1.29, 1.82) is 0 Å². The highest BCUT2D eigenvalue weighted by Gasteiger charge is 2.15. The van der Waals surface area contributed by atoms with Gasteiger partial charge < -0.3 is 19.9 Å². The summed E-state index contributed by atoms with van der Waals surface area (Å²) in [6.45, 7) is 2.25. The highest BCUT2D eigenvalue weighted by molar-refractivity contribution is 6.31. The van der Waals surface area contributed by atoms with Crippen LogP contribution in [-0.2, 0) is 22.6 Å². The molecule has 0 saturated heterocycles. The Morgan fingerprint density at radius 1 is 1.20 bits per heavy atom. The Labute approximate surface area is 152 Å². The minimum absolute atomic E-state index is 0.325. The zero-order valence-electron chi connectivity index (χ0n) is 14.5. The number of esters is 1. The van der Waals surface area contributed by atoms with Gasteiger partial charge in [0.25, 0.3) is 0 Å². The van der Waals surface area contributed by atoms with Crippen molar-refractivity contribution >= 4 is 17.6 Å². The van der Waals surface area contributed by atoms with Crippen LogP contribution in [0.5, 0.6) is 11.5 Å². The maximum absolute atomic E-state index is 11.5. The molecule has 0 radical (unpaired) electrons. The lowest BCUT2D eigenvalue weighted by Gasteiger charge is -2.14. The molecule has 5 nitrogen and oxygen atoms in total. The molecule has 2 aromatic carbocycles. The van der Waals surface area contributed by atoms with Crippen LogP contribution in [0.1, 0.15) is 16.7 Å². The van der Waals surface area contributed by atoms with Gasteiger partial charge >= 0.3 is 5.97 Å². The summed E-state index contributed by atoms with van der Waals surface area (Å²) in [7, 11) is 2.93. The molecule has 0 spiro atoms. The Kier molecular flexibility index (Phi) is 6.67. The summed E-state index contributed by atoms with van der Waals surface area (Å²) in [5.41, 5.74) is 8.55. The average Bonchev–Trinajstić information content (AvgIpc) is 2.62. The Bertz CT molecular complexity index is 748. The van der Waals surface area contributed by atoms with Crippen molar-refractivity contribution in [2.45, 2.75) is 26.0 Å². The SMILES string of the molecule is COC(=O)C(N)Cc1ccc(OC)c(COc2ccc(Cl)c(C)c2)c1. The molecule has 25 heavy (non-hydrogen) atoms. The fraction of sp³-hybridized carbons (Fsp3) is 0.316. The summed E-state index contributed by atoms with van der Waals surface area (Å²) in [5, 5.41) is 0.698. The van der Waals surface area contributed by atoms with Gasteiger partial charge in [0.15, 0.2) is 0 Å². The molecule has 2 rings (SSSR count). The second-order valence-corrected chi connectivity index (χ2v) is 6.09. The minimum Gasteiger partial charge on any atom is -0.496 e. The Hall–Kier alpha value is -2.24. The number of carbonyl (C=O) groups excluding carboxylic acids is 1. The van der Waals surface area contributed by atoms with Crippen LogP contribution in [0.25, 0.3) is 0 Å². The van der Waals surface area contributed by atoms with Crippen molar-refractivity contribution in [2.24, 2.45) is 5.73 Å². The summed E-state index contributed by atoms with van der Waals surface area (Å²) in [4.78, 5) is 11.5. The third-order valence-electron chi connectivity index (χ3n) is 3.83. The van der Waals surface area contributed by atoms with Gasteiger partial charge in [0.1, 0.15) is 24.1 Å². The van der Waals surface area contributed by atoms with Gasteiger partial charge in [-0.25, -0.2) is 0 Å². The van der Waals surface area contributed by atoms with Crippen LogP contribution < -0.4 is 15.2 Å². The molecule has 2 N–H and O–H groups in total. The van der Waals surface area contributed by atoms with E-state index in [-0.39, 0.29) is 0 Å². The van der Waals surface area contributed by atoms with Crippen molar-refractivity contribution < 1.29 is 19.0 Å². The number of hydrogen-bond acceptors (Lipinski definition) is 5. The van der Waals surface area contributed by atoms with E-state index in [2.05, 4.69) is 4.74 Å². The summed E-state index contributed by atoms with van der Waals surface area (Å²) < 4.78 is 15.9. The quantitative estimate of drug-likeness (QED) is 0.764. The summed E-state index contributed by atoms with van der Waals surface area (Å²) in [6, 6.07) is 10.4. The monoisotopic (exact) mass is 363 g/mol. The van der Waals surface area contributed by atoms with Gasteiger partial charge in [-0.05, 0) is 54.8 Å². The van der Waals surface area contributed by atoms with Gasteiger partial charge in [-0.15, -0.1) is 0 Å². The number of nitrogens with two attached hydrogens (primary N) is 1. The smallest absolute Gasteiger partial charge is 0.322 e. The molecule has 0 aromatic heterocycles. The number of hydrogen-bond donors (Lipinski definition) is 1. The number of rotatable bonds is 7. The molecule has 1 unspecified atom stereocenters. The first-order valence-electron chi connectivity index (χ1n) is 7.82. The lowest BCUT2D eigenvalue weighted by Crippen LogP contribution is -2.33. The van der Waals surface area contributed by atoms with Crippen LogP contribution >= 0.6 is 11.6 Å². The van der Waals surface area contributed by atoms with E-state index >= 15 is 0 Å². The second-order valence-electron chi connectivity index (χ2n) is 5.68. The van der Waals surface area contributed by atoms with E-state index in [9.17, 15) is 4.79 Å². The average molecular weight is 364 g/mol. The van der Waals surface area contributed by atoms with Crippen molar-refractivity contribution in [2.75, 3.05) is 14.2 Å². The molecule has 0 aliphatic carbocycles. The summed E-state index contributed by atoms with van der Waals surface area (Å²) in [6.07, 6.45) is 0.379. The molecule has 6 heteroatoms. The normalized spacial score (nSPS) is 11.7. The topological polar surface area (TPSA) is 70.8 Å². The highest BCUT2D eigenvalue weighted by atomic mass is 35.5. The van der Waals surface area contributed by atoms with Gasteiger partial charge in [0.2, 0.25) is 0 Å². The van der Waals surface area contributed by atoms with Gasteiger partial charge in [-0.1, -0.05) is 17.7 Å². The molecule has 0 aliphatic rings. The second kappa shape index (κ2) is 8.74. The maximum Gasteiger partial charge on any atom is 0.322 e. The third-order valence-corrected chi connectivity index (χ3v) is 4.25. The molecule has 0 fully saturated rings. The molecular formula is C19H22ClNO4. The number of halogens is 1. The van der Waals surface area contributed by atoms with E-state index in [0.717, 1.165) is 22.4 Å². The first kappa shape index (κ1) is 19.1. The van der Waals surface area contributed by atoms with E-state index in [0.29, 0.717) is 23.8 Å². The lowest BCUT2D eigenvalue weighted by atomic mass is 10.0. The molecule has 0 bridgehead atoms. The number of carbonyl (C=O) groups is 1. The summed E-state index contributed by atoms with van der Waals surface area (Å²) >= 11 is 6.03. The van der Waals surface area contributed by atoms with Crippen LogP contribution in [-0.4, -0.2) is 26.2 Å². The summed E-state index contributed by atoms with van der Waals surface area (Å²) in [5.74, 6) is 0.993. The number of benzene rings is 2. The molecular weight excluding hydrogens is 342 g/mol. The van der Waals surface area contributed by atoms with Crippen LogP contribution in [0.4, 0.5) is 0 Å². The molecule has 134 valence electrons. The molecule has 2 aromatic rings. The van der Waals surface area contributed by atoms with Crippen LogP contribution in [0.3, 0.4) is 0 Å². The van der Waals surface area contributed by atoms with Gasteiger partial charge in [0.05, 0.1) is 14.2 Å². The van der Waals surface area contributed by atoms with Crippen molar-refractivity contribution in [3.05, 3.63) is 58.1 Å². The first-order valence-corrected chi connectivity index (χ1v) is 8.20. The van der Waals surface area contributed by atoms with Crippen LogP contribution in [0.15, 0.2) is 36.4 Å². The molecule has 0 aliphatic heterocycles. The predicted octanol–water partition coefficient (Wildman–Crippen LogP) is 3.28. The van der Waals surface area contributed by atoms with Crippen molar-refractivity contribution in [3.63, 3.8) is 0 Å². The Morgan fingerprint density at radius 2 is 1.96 bits per heavy atom. The fourth-order valence-corrected chi connectivity index (χ4v) is 2.55. The number of aryl methyl sites for hydroxylation is 1. The first-order chi connectivity index (χ1) is 11.9. The van der Waals surface area contributed by atoms with E-state index in [1.807, 2.05) is 37.3 Å². The molecule has 0 heterocycles. The number of methoxy groups -OCH3 is 2. The number of ether oxygens (including phenoxy) is 3. The van der Waals surface area contributed by atoms with Crippen LogP contribution in [0, 0.1) is 6.92 Å². The zero-order valence-corrected chi connectivity index (χ0v) is 15.3. The van der Waals surface area contributed by atoms with Gasteiger partial charge in [0, 0.05) is 10.6 Å². The van der Waals surface area contributed by atoms with E-state index in [4.69, 9.17) is 26.8 Å².